The van der Waals surface area contributed by atoms with E-state index in [0.717, 1.165) is 6.42 Å². The Bertz CT molecular complexity index is 579. The molecule has 0 fully saturated rings. The normalized spacial score (nSPS) is 18.0. The minimum atomic E-state index is -0.586. The molecule has 1 aliphatic carbocycles. The van der Waals surface area contributed by atoms with Crippen LogP contribution in [-0.4, -0.2) is 28.3 Å². The molecule has 21 heavy (non-hydrogen) atoms. The van der Waals surface area contributed by atoms with Gasteiger partial charge in [0.25, 0.3) is 5.56 Å². The molecule has 1 N–H and O–H groups in total. The average molecular weight is 294 g/mol. The zero-order valence-corrected chi connectivity index (χ0v) is 12.8. The molecule has 6 heteroatoms. The fourth-order valence-electron chi connectivity index (χ4n) is 2.57. The summed E-state index contributed by atoms with van der Waals surface area (Å²) in [5.74, 6) is 0.633. The molecule has 1 heterocycles. The second-order valence-corrected chi connectivity index (χ2v) is 6.20. The quantitative estimate of drug-likeness (QED) is 0.870. The molecule has 0 spiro atoms. The van der Waals surface area contributed by atoms with Gasteiger partial charge in [-0.25, -0.2) is 4.79 Å². The molecule has 0 bridgehead atoms. The van der Waals surface area contributed by atoms with Crippen molar-refractivity contribution in [3.8, 4) is 0 Å². The summed E-state index contributed by atoms with van der Waals surface area (Å²) in [7, 11) is 0. The van der Waals surface area contributed by atoms with E-state index >= 15 is 0 Å². The lowest BCUT2D eigenvalue weighted by atomic mass is 9.92. The summed E-state index contributed by atoms with van der Waals surface area (Å²) < 4.78 is 10.6. The van der Waals surface area contributed by atoms with E-state index in [-0.39, 0.29) is 11.6 Å². The molecular weight excluding hydrogens is 272 g/mol. The van der Waals surface area contributed by atoms with Gasteiger partial charge in [-0.3, -0.25) is 9.69 Å². The Labute approximate surface area is 123 Å². The number of rotatable bonds is 3. The average Bonchev–Trinajstić information content (AvgIpc) is 2.76. The second kappa shape index (κ2) is 5.79. The fourth-order valence-corrected chi connectivity index (χ4v) is 2.57. The molecule has 0 aromatic carbocycles. The van der Waals surface area contributed by atoms with Crippen LogP contribution in [0.1, 0.15) is 51.0 Å². The monoisotopic (exact) mass is 294 g/mol. The number of aromatic amines is 1. The first-order chi connectivity index (χ1) is 9.83. The number of amides is 1. The van der Waals surface area contributed by atoms with Gasteiger partial charge in [-0.1, -0.05) is 6.08 Å². The van der Waals surface area contributed by atoms with Crippen LogP contribution in [0, 0.1) is 0 Å². The lowest BCUT2D eigenvalue weighted by Gasteiger charge is -2.33. The van der Waals surface area contributed by atoms with Gasteiger partial charge in [0.05, 0.1) is 11.6 Å². The minimum absolute atomic E-state index is 0.271. The van der Waals surface area contributed by atoms with Gasteiger partial charge in [-0.2, -0.15) is 5.16 Å². The zero-order valence-electron chi connectivity index (χ0n) is 12.8. The highest BCUT2D eigenvalue weighted by Gasteiger charge is 2.35. The number of hydrogen-bond acceptors (Lipinski definition) is 4. The number of carbonyl (C=O) groups excluding carboxylic acids is 1. The van der Waals surface area contributed by atoms with Crippen LogP contribution in [-0.2, 0) is 11.2 Å². The van der Waals surface area contributed by atoms with Gasteiger partial charge >= 0.3 is 6.09 Å². The Kier molecular flexibility index (Phi) is 4.25. The van der Waals surface area contributed by atoms with Gasteiger partial charge in [0.1, 0.15) is 11.4 Å². The first-order valence-electron chi connectivity index (χ1n) is 7.14. The van der Waals surface area contributed by atoms with Crippen LogP contribution >= 0.6 is 0 Å². The van der Waals surface area contributed by atoms with Crippen molar-refractivity contribution in [1.82, 2.24) is 10.1 Å². The molecule has 1 amide bonds. The molecule has 0 aliphatic heterocycles. The van der Waals surface area contributed by atoms with Crippen LogP contribution in [0.4, 0.5) is 4.79 Å². The Morgan fingerprint density at radius 1 is 1.57 bits per heavy atom. The molecule has 116 valence electrons. The molecule has 2 rings (SSSR count). The Balaban J connectivity index is 2.31. The lowest BCUT2D eigenvalue weighted by molar-refractivity contribution is 0.0166. The highest BCUT2D eigenvalue weighted by atomic mass is 16.6. The number of nitrogens with one attached hydrogen (secondary N) is 1. The van der Waals surface area contributed by atoms with Crippen molar-refractivity contribution in [3.63, 3.8) is 0 Å². The summed E-state index contributed by atoms with van der Waals surface area (Å²) in [5.41, 5.74) is -0.321. The molecule has 1 aliphatic rings. The summed E-state index contributed by atoms with van der Waals surface area (Å²) in [4.78, 5) is 25.9. The van der Waals surface area contributed by atoms with E-state index in [4.69, 9.17) is 9.26 Å². The van der Waals surface area contributed by atoms with Crippen molar-refractivity contribution in [2.45, 2.75) is 51.7 Å². The number of carbonyl (C=O) groups is 1. The fraction of sp³-hybridized carbons (Fsp3) is 0.600. The highest BCUT2D eigenvalue weighted by Crippen LogP contribution is 2.33. The predicted molar refractivity (Wildman–Crippen MR) is 78.1 cm³/mol. The molecule has 1 aromatic rings. The third-order valence-electron chi connectivity index (χ3n) is 3.36. The van der Waals surface area contributed by atoms with Gasteiger partial charge in [0.15, 0.2) is 0 Å². The minimum Gasteiger partial charge on any atom is -0.444 e. The van der Waals surface area contributed by atoms with Crippen molar-refractivity contribution in [3.05, 3.63) is 34.3 Å². The third-order valence-corrected chi connectivity index (χ3v) is 3.36. The zero-order chi connectivity index (χ0) is 15.6. The van der Waals surface area contributed by atoms with E-state index in [2.05, 4.69) is 11.7 Å². The molecule has 0 radical (unpaired) electrons. The lowest BCUT2D eigenvalue weighted by Crippen LogP contribution is -2.41. The van der Waals surface area contributed by atoms with Crippen molar-refractivity contribution < 1.29 is 14.1 Å². The van der Waals surface area contributed by atoms with Crippen LogP contribution in [0.5, 0.6) is 0 Å². The molecular formula is C15H22N2O4. The summed E-state index contributed by atoms with van der Waals surface area (Å²) in [5, 5.41) is 2.36. The summed E-state index contributed by atoms with van der Waals surface area (Å²) in [6.07, 6.45) is 3.46. The van der Waals surface area contributed by atoms with Crippen LogP contribution in [0.25, 0.3) is 0 Å². The second-order valence-electron chi connectivity index (χ2n) is 6.20. The van der Waals surface area contributed by atoms with Crippen molar-refractivity contribution in [2.75, 3.05) is 6.54 Å². The van der Waals surface area contributed by atoms with Gasteiger partial charge in [-0.15, -0.1) is 6.58 Å². The molecule has 6 nitrogen and oxygen atoms in total. The van der Waals surface area contributed by atoms with Gasteiger partial charge < -0.3 is 9.26 Å². The van der Waals surface area contributed by atoms with E-state index in [1.54, 1.807) is 11.0 Å². The number of H-pyrrole nitrogens is 1. The van der Waals surface area contributed by atoms with Crippen LogP contribution in [0.3, 0.4) is 0 Å². The number of aryl methyl sites for hydroxylation is 1. The topological polar surface area (TPSA) is 75.5 Å². The first-order valence-corrected chi connectivity index (χ1v) is 7.14. The predicted octanol–water partition coefficient (Wildman–Crippen LogP) is 2.77. The third kappa shape index (κ3) is 3.37. The van der Waals surface area contributed by atoms with Crippen LogP contribution in [0.2, 0.25) is 0 Å². The summed E-state index contributed by atoms with van der Waals surface area (Å²) in [6, 6.07) is -0.330. The van der Waals surface area contributed by atoms with Gasteiger partial charge in [0, 0.05) is 13.0 Å². The van der Waals surface area contributed by atoms with E-state index in [1.165, 1.54) is 0 Å². The Morgan fingerprint density at radius 2 is 2.29 bits per heavy atom. The number of aromatic nitrogens is 1. The number of hydrogen-bond donors (Lipinski definition) is 1. The maximum absolute atomic E-state index is 12.4. The number of fused-ring (bicyclic) bond motifs is 1. The summed E-state index contributed by atoms with van der Waals surface area (Å²) in [6.45, 7) is 9.44. The van der Waals surface area contributed by atoms with Crippen molar-refractivity contribution >= 4 is 6.09 Å². The highest BCUT2D eigenvalue weighted by molar-refractivity contribution is 5.69. The van der Waals surface area contributed by atoms with Crippen LogP contribution < -0.4 is 5.56 Å². The Morgan fingerprint density at radius 3 is 2.90 bits per heavy atom. The van der Waals surface area contributed by atoms with Gasteiger partial charge in [-0.05, 0) is 33.6 Å². The SMILES string of the molecule is C=CCN(C(=O)OC(C)(C)C)C1CCCc2o[nH]c(=O)c21. The van der Waals surface area contributed by atoms with E-state index in [1.807, 2.05) is 20.8 Å². The summed E-state index contributed by atoms with van der Waals surface area (Å²) >= 11 is 0. The van der Waals surface area contributed by atoms with Crippen molar-refractivity contribution in [2.24, 2.45) is 0 Å². The largest absolute Gasteiger partial charge is 0.444 e. The molecule has 0 saturated carbocycles. The Hall–Kier alpha value is -1.98. The van der Waals surface area contributed by atoms with Crippen LogP contribution in [0.15, 0.2) is 22.0 Å². The standard InChI is InChI=1S/C15H22N2O4/c1-5-9-17(14(19)20-15(2,3)4)10-7-6-8-11-12(10)13(18)16-21-11/h5,10H,1,6-9H2,2-4H3,(H,16,18). The van der Waals surface area contributed by atoms with E-state index in [9.17, 15) is 9.59 Å². The first kappa shape index (κ1) is 15.4. The van der Waals surface area contributed by atoms with E-state index in [0.29, 0.717) is 30.7 Å². The molecule has 1 aromatic heterocycles. The molecule has 0 saturated heterocycles. The van der Waals surface area contributed by atoms with Gasteiger partial charge in [0.2, 0.25) is 0 Å². The maximum atomic E-state index is 12.4. The number of nitrogens with zero attached hydrogens (tertiary/aromatic N) is 1. The maximum Gasteiger partial charge on any atom is 0.411 e. The molecule has 1 unspecified atom stereocenters. The molecule has 1 atom stereocenters. The number of ether oxygens (including phenoxy) is 1. The van der Waals surface area contributed by atoms with Crippen molar-refractivity contribution in [1.29, 1.82) is 0 Å². The smallest absolute Gasteiger partial charge is 0.411 e. The van der Waals surface area contributed by atoms with E-state index < -0.39 is 11.7 Å².